The average molecular weight is 504 g/mol. The highest BCUT2D eigenvalue weighted by Gasteiger charge is 2.36. The van der Waals surface area contributed by atoms with Gasteiger partial charge in [0.2, 0.25) is 0 Å². The summed E-state index contributed by atoms with van der Waals surface area (Å²) in [5, 5.41) is 15.1. The molecule has 0 spiro atoms. The zero-order valence-electron chi connectivity index (χ0n) is 18.5. The molecule has 178 valence electrons. The number of likely N-dealkylation sites (N-methyl/N-ethyl adjacent to an activating group) is 1. The van der Waals surface area contributed by atoms with Crippen LogP contribution in [0, 0.1) is 0 Å². The van der Waals surface area contributed by atoms with E-state index in [1.807, 2.05) is 6.07 Å². The number of carboxylic acids is 1. The molecular formula is C24H23Cl2N3O5. The first-order valence-corrected chi connectivity index (χ1v) is 11.2. The van der Waals surface area contributed by atoms with Crippen LogP contribution in [-0.4, -0.2) is 46.3 Å². The zero-order valence-corrected chi connectivity index (χ0v) is 20.0. The fourth-order valence-electron chi connectivity index (χ4n) is 3.61. The summed E-state index contributed by atoms with van der Waals surface area (Å²) in [6.07, 6.45) is 1.04. The van der Waals surface area contributed by atoms with Crippen molar-refractivity contribution in [2.24, 2.45) is 0 Å². The molecular weight excluding hydrogens is 481 g/mol. The van der Waals surface area contributed by atoms with Gasteiger partial charge in [-0.2, -0.15) is 0 Å². The lowest BCUT2D eigenvalue weighted by Crippen LogP contribution is -2.56. The second-order valence-electron chi connectivity index (χ2n) is 7.76. The Morgan fingerprint density at radius 3 is 2.44 bits per heavy atom. The van der Waals surface area contributed by atoms with Crippen molar-refractivity contribution < 1.29 is 24.3 Å². The van der Waals surface area contributed by atoms with Gasteiger partial charge in [-0.3, -0.25) is 14.4 Å². The van der Waals surface area contributed by atoms with Crippen LogP contribution in [0.25, 0.3) is 11.1 Å². The monoisotopic (exact) mass is 503 g/mol. The van der Waals surface area contributed by atoms with E-state index in [2.05, 4.69) is 10.6 Å². The number of hydrogen-bond acceptors (Lipinski definition) is 4. The molecule has 0 bridgehead atoms. The fraction of sp³-hybridized carbons (Fsp3) is 0.250. The quantitative estimate of drug-likeness (QED) is 0.490. The van der Waals surface area contributed by atoms with E-state index in [1.54, 1.807) is 50.2 Å². The molecule has 0 fully saturated rings. The number of carbonyl (C=O) groups excluding carboxylic acids is 3. The lowest BCUT2D eigenvalue weighted by Gasteiger charge is -2.29. The van der Waals surface area contributed by atoms with E-state index in [0.717, 1.165) is 11.1 Å². The Morgan fingerprint density at radius 2 is 1.79 bits per heavy atom. The molecule has 2 unspecified atom stereocenters. The van der Waals surface area contributed by atoms with Crippen LogP contribution in [0.15, 0.2) is 54.2 Å². The lowest BCUT2D eigenvalue weighted by molar-refractivity contribution is -0.138. The number of Topliss-reactive ketones (excluding diaryl/α,β-unsaturated/α-hetero) is 1. The number of carboxylic acid groups (broad SMARTS) is 1. The number of halogens is 2. The van der Waals surface area contributed by atoms with E-state index < -0.39 is 42.2 Å². The number of benzene rings is 2. The molecule has 1 aliphatic rings. The van der Waals surface area contributed by atoms with Crippen molar-refractivity contribution in [2.75, 3.05) is 6.54 Å². The van der Waals surface area contributed by atoms with Crippen LogP contribution >= 0.6 is 23.2 Å². The van der Waals surface area contributed by atoms with Crippen LogP contribution < -0.4 is 10.6 Å². The predicted octanol–water partition coefficient (Wildman–Crippen LogP) is 4.18. The molecule has 3 N–H and O–H groups in total. The molecule has 0 radical (unpaired) electrons. The van der Waals surface area contributed by atoms with Crippen molar-refractivity contribution in [3.8, 4) is 11.1 Å². The van der Waals surface area contributed by atoms with Crippen molar-refractivity contribution >= 4 is 46.9 Å². The van der Waals surface area contributed by atoms with Crippen LogP contribution in [0.2, 0.25) is 10.0 Å². The van der Waals surface area contributed by atoms with Crippen LogP contribution in [-0.2, 0) is 14.4 Å². The van der Waals surface area contributed by atoms with Crippen molar-refractivity contribution in [1.82, 2.24) is 15.5 Å². The van der Waals surface area contributed by atoms with Crippen molar-refractivity contribution in [2.45, 2.75) is 32.4 Å². The minimum atomic E-state index is -1.38. The highest BCUT2D eigenvalue weighted by atomic mass is 35.5. The van der Waals surface area contributed by atoms with Crippen molar-refractivity contribution in [3.05, 3.63) is 69.8 Å². The SMILES string of the molecule is CCN1C=C(C)C(=O)C(NC(=O)NC(CC(=O)O)c2cccc(-c3ccc(Cl)c(Cl)c3)c2)C1=O. The van der Waals surface area contributed by atoms with Gasteiger partial charge < -0.3 is 20.6 Å². The Hall–Kier alpha value is -3.36. The number of aliphatic carboxylic acids is 1. The summed E-state index contributed by atoms with van der Waals surface area (Å²) in [5.74, 6) is -2.20. The summed E-state index contributed by atoms with van der Waals surface area (Å²) in [4.78, 5) is 50.5. The number of ketones is 1. The summed E-state index contributed by atoms with van der Waals surface area (Å²) in [5.41, 5.74) is 2.36. The van der Waals surface area contributed by atoms with E-state index in [0.29, 0.717) is 27.7 Å². The second-order valence-corrected chi connectivity index (χ2v) is 8.57. The fourth-order valence-corrected chi connectivity index (χ4v) is 3.91. The summed E-state index contributed by atoms with van der Waals surface area (Å²) < 4.78 is 0. The van der Waals surface area contributed by atoms with Gasteiger partial charge >= 0.3 is 12.0 Å². The average Bonchev–Trinajstić information content (AvgIpc) is 2.80. The molecule has 0 aliphatic carbocycles. The molecule has 8 nitrogen and oxygen atoms in total. The lowest BCUT2D eigenvalue weighted by atomic mass is 9.97. The highest BCUT2D eigenvalue weighted by Crippen LogP contribution is 2.30. The number of hydrogen-bond donors (Lipinski definition) is 3. The first-order valence-electron chi connectivity index (χ1n) is 10.5. The van der Waals surface area contributed by atoms with Gasteiger partial charge in [-0.15, -0.1) is 0 Å². The molecule has 2 atom stereocenters. The van der Waals surface area contributed by atoms with E-state index in [4.69, 9.17) is 23.2 Å². The Kier molecular flexibility index (Phi) is 7.96. The van der Waals surface area contributed by atoms with Gasteiger partial charge in [0.25, 0.3) is 5.91 Å². The third kappa shape index (κ3) is 5.76. The Balaban J connectivity index is 1.83. The molecule has 3 rings (SSSR count). The molecule has 3 amide bonds. The third-order valence-corrected chi connectivity index (χ3v) is 6.11. The number of nitrogens with one attached hydrogen (secondary N) is 2. The molecule has 34 heavy (non-hydrogen) atoms. The minimum absolute atomic E-state index is 0.336. The minimum Gasteiger partial charge on any atom is -0.481 e. The Labute approximate surface area is 206 Å². The molecule has 0 saturated carbocycles. The number of nitrogens with zero attached hydrogens (tertiary/aromatic N) is 1. The van der Waals surface area contributed by atoms with Gasteiger partial charge in [-0.05, 0) is 48.7 Å². The van der Waals surface area contributed by atoms with Gasteiger partial charge in [0, 0.05) is 18.3 Å². The van der Waals surface area contributed by atoms with Gasteiger partial charge in [-0.1, -0.05) is 47.5 Å². The van der Waals surface area contributed by atoms with Crippen LogP contribution in [0.3, 0.4) is 0 Å². The normalized spacial score (nSPS) is 16.6. The largest absolute Gasteiger partial charge is 0.481 e. The maximum Gasteiger partial charge on any atom is 0.316 e. The molecule has 10 heteroatoms. The summed E-state index contributed by atoms with van der Waals surface area (Å²) in [6.45, 7) is 3.65. The van der Waals surface area contributed by atoms with Crippen molar-refractivity contribution in [3.63, 3.8) is 0 Å². The molecule has 2 aromatic carbocycles. The van der Waals surface area contributed by atoms with Gasteiger partial charge in [0.05, 0.1) is 22.5 Å². The number of rotatable bonds is 7. The summed E-state index contributed by atoms with van der Waals surface area (Å²) in [6, 6.07) is 8.93. The van der Waals surface area contributed by atoms with Crippen LogP contribution in [0.4, 0.5) is 4.79 Å². The summed E-state index contributed by atoms with van der Waals surface area (Å²) in [7, 11) is 0. The zero-order chi connectivity index (χ0) is 25.0. The Morgan fingerprint density at radius 1 is 1.09 bits per heavy atom. The maximum atomic E-state index is 12.7. The molecule has 0 aromatic heterocycles. The van der Waals surface area contributed by atoms with E-state index in [1.165, 1.54) is 11.1 Å². The van der Waals surface area contributed by atoms with Gasteiger partial charge in [-0.25, -0.2) is 4.79 Å². The number of amides is 3. The maximum absolute atomic E-state index is 12.7. The standard InChI is InChI=1S/C24H23Cl2N3O5/c1-3-29-12-13(2)22(32)21(23(29)33)28-24(34)27-19(11-20(30)31)16-6-4-5-14(9-16)15-7-8-17(25)18(26)10-15/h4-10,12,19,21H,3,11H2,1-2H3,(H,30,31)(H2,27,28,34). The highest BCUT2D eigenvalue weighted by molar-refractivity contribution is 6.42. The van der Waals surface area contributed by atoms with Crippen LogP contribution in [0.1, 0.15) is 31.9 Å². The first-order chi connectivity index (χ1) is 16.1. The first kappa shape index (κ1) is 25.3. The molecule has 0 saturated heterocycles. The molecule has 2 aromatic rings. The van der Waals surface area contributed by atoms with E-state index >= 15 is 0 Å². The van der Waals surface area contributed by atoms with E-state index in [-0.39, 0.29) is 0 Å². The Bertz CT molecular complexity index is 1180. The van der Waals surface area contributed by atoms with Gasteiger partial charge in [0.1, 0.15) is 0 Å². The van der Waals surface area contributed by atoms with E-state index in [9.17, 15) is 24.3 Å². The van der Waals surface area contributed by atoms with Crippen LogP contribution in [0.5, 0.6) is 0 Å². The topological polar surface area (TPSA) is 116 Å². The second kappa shape index (κ2) is 10.7. The number of carbonyl (C=O) groups is 4. The van der Waals surface area contributed by atoms with Gasteiger partial charge in [0.15, 0.2) is 11.8 Å². The van der Waals surface area contributed by atoms with Crippen molar-refractivity contribution in [1.29, 1.82) is 0 Å². The smallest absolute Gasteiger partial charge is 0.316 e. The summed E-state index contributed by atoms with van der Waals surface area (Å²) >= 11 is 12.1. The predicted molar refractivity (Wildman–Crippen MR) is 128 cm³/mol. The molecule has 1 aliphatic heterocycles. The third-order valence-electron chi connectivity index (χ3n) is 5.37. The molecule has 1 heterocycles. The number of urea groups is 1.